The van der Waals surface area contributed by atoms with Gasteiger partial charge in [0.05, 0.1) is 12.7 Å². The van der Waals surface area contributed by atoms with Crippen molar-refractivity contribution in [1.29, 1.82) is 0 Å². The molecule has 0 spiro atoms. The van der Waals surface area contributed by atoms with E-state index in [1.54, 1.807) is 25.3 Å². The summed E-state index contributed by atoms with van der Waals surface area (Å²) in [4.78, 5) is 0. The Kier molecular flexibility index (Phi) is 4.45. The Morgan fingerprint density at radius 1 is 1.00 bits per heavy atom. The maximum Gasteiger partial charge on any atom is 0.416 e. The summed E-state index contributed by atoms with van der Waals surface area (Å²) < 4.78 is 43.2. The summed E-state index contributed by atoms with van der Waals surface area (Å²) in [5.74, 6) is 0.506. The molecule has 0 saturated carbocycles. The topological polar surface area (TPSA) is 29.5 Å². The molecular weight excluding hydrogens is 293 g/mol. The van der Waals surface area contributed by atoms with Crippen LogP contribution in [-0.2, 0) is 6.18 Å². The van der Waals surface area contributed by atoms with E-state index in [1.165, 1.54) is 6.08 Å². The number of phenols is 1. The molecular formula is C17H15F3O2. The van der Waals surface area contributed by atoms with Crippen LogP contribution < -0.4 is 4.74 Å². The number of hydrogen-bond donors (Lipinski definition) is 1. The second-order valence-corrected chi connectivity index (χ2v) is 4.83. The molecule has 22 heavy (non-hydrogen) atoms. The van der Waals surface area contributed by atoms with Crippen molar-refractivity contribution in [2.45, 2.75) is 13.1 Å². The fourth-order valence-corrected chi connectivity index (χ4v) is 2.01. The van der Waals surface area contributed by atoms with Crippen molar-refractivity contribution in [2.24, 2.45) is 0 Å². The molecule has 1 N–H and O–H groups in total. The van der Waals surface area contributed by atoms with Crippen molar-refractivity contribution >= 4 is 12.2 Å². The number of benzene rings is 2. The van der Waals surface area contributed by atoms with E-state index in [9.17, 15) is 18.3 Å². The van der Waals surface area contributed by atoms with Crippen molar-refractivity contribution in [3.63, 3.8) is 0 Å². The molecule has 0 heterocycles. The van der Waals surface area contributed by atoms with Crippen LogP contribution in [0.3, 0.4) is 0 Å². The van der Waals surface area contributed by atoms with Crippen LogP contribution in [0, 0.1) is 6.92 Å². The Labute approximate surface area is 126 Å². The molecule has 0 bridgehead atoms. The fourth-order valence-electron chi connectivity index (χ4n) is 2.01. The molecule has 0 aliphatic carbocycles. The molecule has 0 fully saturated rings. The summed E-state index contributed by atoms with van der Waals surface area (Å²) in [6.45, 7) is 1.87. The molecule has 0 saturated heterocycles. The Hall–Kier alpha value is -2.43. The Bertz CT molecular complexity index is 704. The number of rotatable bonds is 3. The highest BCUT2D eigenvalue weighted by Crippen LogP contribution is 2.33. The standard InChI is InChI=1S/C17H15F3O2/c1-11-9-15(22-2)7-5-12(11)3-4-13-10-14(17(18,19)20)6-8-16(13)21/h3-10,21H,1-2H3/b4-3+. The van der Waals surface area contributed by atoms with Gasteiger partial charge in [-0.1, -0.05) is 18.2 Å². The zero-order valence-corrected chi connectivity index (χ0v) is 12.1. The fraction of sp³-hybridized carbons (Fsp3) is 0.176. The lowest BCUT2D eigenvalue weighted by Gasteiger charge is -2.08. The van der Waals surface area contributed by atoms with E-state index in [2.05, 4.69) is 0 Å². The van der Waals surface area contributed by atoms with Gasteiger partial charge in [-0.2, -0.15) is 13.2 Å². The molecule has 2 rings (SSSR count). The van der Waals surface area contributed by atoms with Gasteiger partial charge in [0.25, 0.3) is 0 Å². The number of aryl methyl sites for hydroxylation is 1. The molecule has 0 amide bonds. The maximum absolute atomic E-state index is 12.7. The first-order chi connectivity index (χ1) is 10.3. The van der Waals surface area contributed by atoms with Crippen molar-refractivity contribution < 1.29 is 23.0 Å². The summed E-state index contributed by atoms with van der Waals surface area (Å²) in [6.07, 6.45) is -1.32. The zero-order chi connectivity index (χ0) is 16.3. The second-order valence-electron chi connectivity index (χ2n) is 4.83. The third kappa shape index (κ3) is 3.61. The Balaban J connectivity index is 2.34. The molecule has 0 aromatic heterocycles. The molecule has 5 heteroatoms. The number of phenolic OH excluding ortho intramolecular Hbond substituents is 1. The monoisotopic (exact) mass is 308 g/mol. The first-order valence-corrected chi connectivity index (χ1v) is 6.54. The highest BCUT2D eigenvalue weighted by atomic mass is 19.4. The van der Waals surface area contributed by atoms with Crippen LogP contribution in [0.15, 0.2) is 36.4 Å². The van der Waals surface area contributed by atoms with Gasteiger partial charge in [-0.3, -0.25) is 0 Å². The lowest BCUT2D eigenvalue weighted by molar-refractivity contribution is -0.137. The lowest BCUT2D eigenvalue weighted by atomic mass is 10.0. The van der Waals surface area contributed by atoms with Crippen molar-refractivity contribution in [2.75, 3.05) is 7.11 Å². The molecule has 0 radical (unpaired) electrons. The van der Waals surface area contributed by atoms with Crippen LogP contribution in [0.2, 0.25) is 0 Å². The normalized spacial score (nSPS) is 11.9. The van der Waals surface area contributed by atoms with Gasteiger partial charge in [-0.05, 0) is 48.4 Å². The van der Waals surface area contributed by atoms with E-state index in [0.717, 1.165) is 29.3 Å². The molecule has 0 atom stereocenters. The highest BCUT2D eigenvalue weighted by molar-refractivity contribution is 5.74. The summed E-state index contributed by atoms with van der Waals surface area (Å²) in [5, 5.41) is 9.69. The first kappa shape index (κ1) is 15.9. The third-order valence-corrected chi connectivity index (χ3v) is 3.27. The Morgan fingerprint density at radius 2 is 1.68 bits per heavy atom. The van der Waals surface area contributed by atoms with Crippen molar-refractivity contribution in [3.05, 3.63) is 58.7 Å². The number of aromatic hydroxyl groups is 1. The minimum absolute atomic E-state index is 0.116. The quantitative estimate of drug-likeness (QED) is 0.817. The van der Waals surface area contributed by atoms with Gasteiger partial charge >= 0.3 is 6.18 Å². The minimum atomic E-state index is -4.44. The van der Waals surface area contributed by atoms with Gasteiger partial charge in [-0.15, -0.1) is 0 Å². The summed E-state index contributed by atoms with van der Waals surface area (Å²) in [7, 11) is 1.56. The summed E-state index contributed by atoms with van der Waals surface area (Å²) >= 11 is 0. The molecule has 2 aromatic carbocycles. The number of ether oxygens (including phenoxy) is 1. The predicted molar refractivity (Wildman–Crippen MR) is 79.8 cm³/mol. The molecule has 2 aromatic rings. The van der Waals surface area contributed by atoms with Gasteiger partial charge in [0.2, 0.25) is 0 Å². The number of alkyl halides is 3. The van der Waals surface area contributed by atoms with Gasteiger partial charge < -0.3 is 9.84 Å². The maximum atomic E-state index is 12.7. The summed E-state index contributed by atoms with van der Waals surface area (Å²) in [5.41, 5.74) is 1.07. The summed E-state index contributed by atoms with van der Waals surface area (Å²) in [6, 6.07) is 8.21. The largest absolute Gasteiger partial charge is 0.507 e. The van der Waals surface area contributed by atoms with Gasteiger partial charge in [0.1, 0.15) is 11.5 Å². The van der Waals surface area contributed by atoms with Crippen molar-refractivity contribution in [3.8, 4) is 11.5 Å². The van der Waals surface area contributed by atoms with E-state index in [1.807, 2.05) is 13.0 Å². The zero-order valence-electron chi connectivity index (χ0n) is 12.1. The first-order valence-electron chi connectivity index (χ1n) is 6.54. The van der Waals surface area contributed by atoms with Crippen LogP contribution in [0.5, 0.6) is 11.5 Å². The van der Waals surface area contributed by atoms with Crippen LogP contribution in [-0.4, -0.2) is 12.2 Å². The van der Waals surface area contributed by atoms with Crippen LogP contribution in [0.25, 0.3) is 12.2 Å². The molecule has 0 aliphatic rings. The number of hydrogen-bond acceptors (Lipinski definition) is 2. The molecule has 0 aliphatic heterocycles. The average molecular weight is 308 g/mol. The number of methoxy groups -OCH3 is 1. The highest BCUT2D eigenvalue weighted by Gasteiger charge is 2.30. The van der Waals surface area contributed by atoms with Crippen molar-refractivity contribution in [1.82, 2.24) is 0 Å². The van der Waals surface area contributed by atoms with E-state index in [0.29, 0.717) is 5.75 Å². The average Bonchev–Trinajstić information content (AvgIpc) is 2.46. The smallest absolute Gasteiger partial charge is 0.416 e. The lowest BCUT2D eigenvalue weighted by Crippen LogP contribution is -2.04. The second kappa shape index (κ2) is 6.13. The van der Waals surface area contributed by atoms with E-state index in [4.69, 9.17) is 4.74 Å². The van der Waals surface area contributed by atoms with Crippen LogP contribution in [0.1, 0.15) is 22.3 Å². The van der Waals surface area contributed by atoms with Gasteiger partial charge in [0.15, 0.2) is 0 Å². The Morgan fingerprint density at radius 3 is 2.27 bits per heavy atom. The van der Waals surface area contributed by atoms with Crippen LogP contribution >= 0.6 is 0 Å². The molecule has 116 valence electrons. The molecule has 2 nitrogen and oxygen atoms in total. The van der Waals surface area contributed by atoms with E-state index >= 15 is 0 Å². The molecule has 0 unspecified atom stereocenters. The third-order valence-electron chi connectivity index (χ3n) is 3.27. The predicted octanol–water partition coefficient (Wildman–Crippen LogP) is 4.90. The van der Waals surface area contributed by atoms with Crippen LogP contribution in [0.4, 0.5) is 13.2 Å². The number of halogens is 3. The van der Waals surface area contributed by atoms with Gasteiger partial charge in [-0.25, -0.2) is 0 Å². The minimum Gasteiger partial charge on any atom is -0.507 e. The van der Waals surface area contributed by atoms with E-state index in [-0.39, 0.29) is 11.3 Å². The van der Waals surface area contributed by atoms with E-state index < -0.39 is 11.7 Å². The SMILES string of the molecule is COc1ccc(/C=C/c2cc(C(F)(F)F)ccc2O)c(C)c1. The van der Waals surface area contributed by atoms with Gasteiger partial charge in [0, 0.05) is 5.56 Å².